The maximum Gasteiger partial charge on any atom is 0.312 e. The average Bonchev–Trinajstić information content (AvgIpc) is 2.20. The first-order chi connectivity index (χ1) is 7.41. The van der Waals surface area contributed by atoms with Gasteiger partial charge in [-0.15, -0.1) is 6.58 Å². The second-order valence-corrected chi connectivity index (χ2v) is 4.49. The number of hydrogen-bond acceptors (Lipinski definition) is 3. The normalized spacial score (nSPS) is 12.2. The van der Waals surface area contributed by atoms with E-state index in [2.05, 4.69) is 18.4 Å². The smallest absolute Gasteiger partial charge is 0.312 e. The van der Waals surface area contributed by atoms with Crippen LogP contribution in [0.25, 0.3) is 0 Å². The van der Waals surface area contributed by atoms with Crippen LogP contribution in [0, 0.1) is 17.3 Å². The van der Waals surface area contributed by atoms with Crippen LogP contribution in [0.5, 0.6) is 0 Å². The third-order valence-electron chi connectivity index (χ3n) is 1.84. The van der Waals surface area contributed by atoms with Crippen molar-refractivity contribution in [3.63, 3.8) is 0 Å². The Morgan fingerprint density at radius 1 is 1.56 bits per heavy atom. The molecule has 0 saturated heterocycles. The van der Waals surface area contributed by atoms with Gasteiger partial charge in [0.05, 0.1) is 5.41 Å². The van der Waals surface area contributed by atoms with Gasteiger partial charge < -0.3 is 9.84 Å². The fourth-order valence-electron chi connectivity index (χ4n) is 0.895. The molecule has 0 aliphatic carbocycles. The molecule has 1 unspecified atom stereocenters. The minimum absolute atomic E-state index is 0.225. The second-order valence-electron chi connectivity index (χ2n) is 4.49. The first kappa shape index (κ1) is 14.7. The molecule has 0 aliphatic heterocycles. The molecular formula is C13H20O3. The van der Waals surface area contributed by atoms with Gasteiger partial charge in [0.1, 0.15) is 6.61 Å². The molecule has 1 atom stereocenters. The van der Waals surface area contributed by atoms with Gasteiger partial charge in [-0.2, -0.15) is 0 Å². The molecule has 0 amide bonds. The van der Waals surface area contributed by atoms with Crippen LogP contribution in [-0.2, 0) is 9.53 Å². The summed E-state index contributed by atoms with van der Waals surface area (Å²) < 4.78 is 5.25. The highest BCUT2D eigenvalue weighted by Crippen LogP contribution is 2.17. The van der Waals surface area contributed by atoms with E-state index < -0.39 is 11.5 Å². The van der Waals surface area contributed by atoms with E-state index in [0.717, 1.165) is 6.42 Å². The molecule has 0 saturated carbocycles. The van der Waals surface area contributed by atoms with E-state index in [9.17, 15) is 4.79 Å². The number of allylic oxidation sites excluding steroid dienone is 1. The summed E-state index contributed by atoms with van der Waals surface area (Å²) in [7, 11) is 0. The summed E-state index contributed by atoms with van der Waals surface area (Å²) in [5.74, 6) is 4.94. The molecule has 0 spiro atoms. The van der Waals surface area contributed by atoms with Crippen molar-refractivity contribution >= 4 is 5.97 Å². The monoisotopic (exact) mass is 224 g/mol. The standard InChI is InChI=1S/C13H20O3/c1-5-6-8-11(9-7-10-14)16-12(15)13(2,3)4/h5,11,14H,1,6,8,10H2,2-4H3. The highest BCUT2D eigenvalue weighted by molar-refractivity contribution is 5.75. The quantitative estimate of drug-likeness (QED) is 0.451. The second kappa shape index (κ2) is 7.08. The average molecular weight is 224 g/mol. The zero-order valence-corrected chi connectivity index (χ0v) is 10.2. The molecule has 16 heavy (non-hydrogen) atoms. The van der Waals surface area contributed by atoms with Crippen LogP contribution in [0.3, 0.4) is 0 Å². The number of rotatable bonds is 4. The Morgan fingerprint density at radius 3 is 2.62 bits per heavy atom. The molecular weight excluding hydrogens is 204 g/mol. The molecule has 0 aromatic carbocycles. The fourth-order valence-corrected chi connectivity index (χ4v) is 0.895. The Bertz CT molecular complexity index is 289. The highest BCUT2D eigenvalue weighted by atomic mass is 16.5. The predicted molar refractivity (Wildman–Crippen MR) is 63.6 cm³/mol. The van der Waals surface area contributed by atoms with E-state index in [-0.39, 0.29) is 12.6 Å². The number of carbonyl (C=O) groups is 1. The molecule has 90 valence electrons. The number of hydrogen-bond donors (Lipinski definition) is 1. The minimum atomic E-state index is -0.534. The lowest BCUT2D eigenvalue weighted by molar-refractivity contribution is -0.156. The van der Waals surface area contributed by atoms with E-state index in [1.807, 2.05) is 0 Å². The Hall–Kier alpha value is -1.27. The lowest BCUT2D eigenvalue weighted by atomic mass is 9.97. The molecule has 3 heteroatoms. The number of esters is 1. The van der Waals surface area contributed by atoms with Crippen LogP contribution >= 0.6 is 0 Å². The summed E-state index contributed by atoms with van der Waals surface area (Å²) in [6.07, 6.45) is 2.62. The Morgan fingerprint density at radius 2 is 2.19 bits per heavy atom. The lowest BCUT2D eigenvalue weighted by Gasteiger charge is -2.20. The largest absolute Gasteiger partial charge is 0.449 e. The molecule has 0 bridgehead atoms. The Kier molecular flexibility index (Phi) is 6.52. The molecule has 0 aliphatic rings. The van der Waals surface area contributed by atoms with Crippen molar-refractivity contribution in [2.75, 3.05) is 6.61 Å². The van der Waals surface area contributed by atoms with Gasteiger partial charge in [-0.1, -0.05) is 17.9 Å². The van der Waals surface area contributed by atoms with Crippen molar-refractivity contribution in [1.29, 1.82) is 0 Å². The van der Waals surface area contributed by atoms with Gasteiger partial charge in [-0.05, 0) is 33.6 Å². The van der Waals surface area contributed by atoms with Crippen molar-refractivity contribution in [1.82, 2.24) is 0 Å². The fraction of sp³-hybridized carbons (Fsp3) is 0.615. The molecule has 0 heterocycles. The van der Waals surface area contributed by atoms with Crippen LogP contribution in [0.1, 0.15) is 33.6 Å². The van der Waals surface area contributed by atoms with Gasteiger partial charge in [0, 0.05) is 0 Å². The van der Waals surface area contributed by atoms with Crippen LogP contribution in [0.15, 0.2) is 12.7 Å². The summed E-state index contributed by atoms with van der Waals surface area (Å²) in [6, 6.07) is 0. The maximum absolute atomic E-state index is 11.6. The SMILES string of the molecule is C=CCCC(C#CCO)OC(=O)C(C)(C)C. The molecule has 0 fully saturated rings. The van der Waals surface area contributed by atoms with Crippen molar-refractivity contribution in [3.8, 4) is 11.8 Å². The van der Waals surface area contributed by atoms with E-state index in [0.29, 0.717) is 6.42 Å². The van der Waals surface area contributed by atoms with E-state index in [1.54, 1.807) is 26.8 Å². The zero-order valence-electron chi connectivity index (χ0n) is 10.2. The zero-order chi connectivity index (χ0) is 12.6. The van der Waals surface area contributed by atoms with Crippen LogP contribution < -0.4 is 0 Å². The molecule has 0 aromatic heterocycles. The van der Waals surface area contributed by atoms with Gasteiger partial charge in [-0.3, -0.25) is 4.79 Å². The van der Waals surface area contributed by atoms with Gasteiger partial charge in [0.25, 0.3) is 0 Å². The topological polar surface area (TPSA) is 46.5 Å². The van der Waals surface area contributed by atoms with Crippen molar-refractivity contribution < 1.29 is 14.6 Å². The number of carbonyl (C=O) groups excluding carboxylic acids is 1. The molecule has 0 rings (SSSR count). The predicted octanol–water partition coefficient (Wildman–Crippen LogP) is 1.91. The summed E-state index contributed by atoms with van der Waals surface area (Å²) in [5.41, 5.74) is -0.534. The van der Waals surface area contributed by atoms with Crippen molar-refractivity contribution in [3.05, 3.63) is 12.7 Å². The van der Waals surface area contributed by atoms with E-state index in [4.69, 9.17) is 9.84 Å². The van der Waals surface area contributed by atoms with Gasteiger partial charge in [0.2, 0.25) is 0 Å². The molecule has 0 aromatic rings. The number of aliphatic hydroxyl groups excluding tert-OH is 1. The van der Waals surface area contributed by atoms with E-state index >= 15 is 0 Å². The number of aliphatic hydroxyl groups is 1. The maximum atomic E-state index is 11.6. The van der Waals surface area contributed by atoms with Crippen molar-refractivity contribution in [2.24, 2.45) is 5.41 Å². The van der Waals surface area contributed by atoms with Crippen LogP contribution in [0.4, 0.5) is 0 Å². The van der Waals surface area contributed by atoms with Gasteiger partial charge in [-0.25, -0.2) is 0 Å². The molecule has 3 nitrogen and oxygen atoms in total. The van der Waals surface area contributed by atoms with Crippen LogP contribution in [0.2, 0.25) is 0 Å². The third-order valence-corrected chi connectivity index (χ3v) is 1.84. The number of ether oxygens (including phenoxy) is 1. The summed E-state index contributed by atoms with van der Waals surface area (Å²) in [4.78, 5) is 11.6. The van der Waals surface area contributed by atoms with Crippen LogP contribution in [-0.4, -0.2) is 23.8 Å². The first-order valence-corrected chi connectivity index (χ1v) is 5.33. The Labute approximate surface area is 97.5 Å². The molecule has 0 radical (unpaired) electrons. The summed E-state index contributed by atoms with van der Waals surface area (Å²) in [6.45, 7) is 8.75. The highest BCUT2D eigenvalue weighted by Gasteiger charge is 2.25. The van der Waals surface area contributed by atoms with Gasteiger partial charge in [0.15, 0.2) is 6.10 Å². The third kappa shape index (κ3) is 6.26. The first-order valence-electron chi connectivity index (χ1n) is 5.33. The summed E-state index contributed by atoms with van der Waals surface area (Å²) >= 11 is 0. The van der Waals surface area contributed by atoms with E-state index in [1.165, 1.54) is 0 Å². The van der Waals surface area contributed by atoms with Gasteiger partial charge >= 0.3 is 5.97 Å². The summed E-state index contributed by atoms with van der Waals surface area (Å²) in [5, 5.41) is 8.60. The molecule has 1 N–H and O–H groups in total. The minimum Gasteiger partial charge on any atom is -0.449 e. The van der Waals surface area contributed by atoms with Crippen molar-refractivity contribution in [2.45, 2.75) is 39.7 Å². The lowest BCUT2D eigenvalue weighted by Crippen LogP contribution is -2.27. The Balaban J connectivity index is 4.42.